The molecule has 0 spiro atoms. The lowest BCUT2D eigenvalue weighted by atomic mass is 10.5. The first-order valence-electron chi connectivity index (χ1n) is 10.9. The fourth-order valence-electron chi connectivity index (χ4n) is 3.06. The lowest BCUT2D eigenvalue weighted by molar-refractivity contribution is -0.385. The van der Waals surface area contributed by atoms with E-state index < -0.39 is 29.1 Å². The Hall–Kier alpha value is 0.694. The number of halogens is 2. The third-order valence-corrected chi connectivity index (χ3v) is 14.8. The highest BCUT2D eigenvalue weighted by atomic mass is 35.5. The Morgan fingerprint density at radius 3 is 1.26 bits per heavy atom. The summed E-state index contributed by atoms with van der Waals surface area (Å²) in [4.78, 5) is 0. The topological polar surface area (TPSA) is 73.8 Å². The highest BCUT2D eigenvalue weighted by molar-refractivity contribution is 7.16. The normalized spacial score (nSPS) is 14.7. The molecule has 0 saturated carbocycles. The maximum atomic E-state index is 6.47. The first-order chi connectivity index (χ1) is 15.0. The van der Waals surface area contributed by atoms with Crippen molar-refractivity contribution in [2.24, 2.45) is 0 Å². The second-order valence-electron chi connectivity index (χ2n) is 6.64. The third-order valence-electron chi connectivity index (χ3n) is 4.63. The molecule has 0 amide bonds. The van der Waals surface area contributed by atoms with Gasteiger partial charge in [-0.3, -0.25) is 0 Å². The zero-order valence-corrected chi connectivity index (χ0v) is 23.8. The van der Waals surface area contributed by atoms with Gasteiger partial charge in [-0.1, -0.05) is 0 Å². The van der Waals surface area contributed by atoms with E-state index in [2.05, 4.69) is 0 Å². The van der Waals surface area contributed by atoms with Crippen LogP contribution < -0.4 is 0 Å². The summed E-state index contributed by atoms with van der Waals surface area (Å²) >= 11 is 12.0. The number of hydrogen-bond donors (Lipinski definition) is 0. The van der Waals surface area contributed by atoms with Gasteiger partial charge in [0.05, 0.1) is 0 Å². The van der Waals surface area contributed by atoms with Gasteiger partial charge in [-0.25, -0.2) is 0 Å². The molecule has 0 aromatic rings. The molecule has 0 saturated heterocycles. The number of ether oxygens (including phenoxy) is 6. The fourth-order valence-corrected chi connectivity index (χ4v) is 13.0. The second kappa shape index (κ2) is 19.0. The molecule has 0 aliphatic rings. The molecular formula is C19H42Cl2O8Si2. The van der Waals surface area contributed by atoms with E-state index in [-0.39, 0.29) is 13.2 Å². The second-order valence-corrected chi connectivity index (χ2v) is 15.8. The van der Waals surface area contributed by atoms with Gasteiger partial charge in [0, 0.05) is 52.9 Å². The summed E-state index contributed by atoms with van der Waals surface area (Å²) in [5, 5.41) is 0. The van der Waals surface area contributed by atoms with Gasteiger partial charge in [0.2, 0.25) is 0 Å². The van der Waals surface area contributed by atoms with Gasteiger partial charge < -0.3 is 37.3 Å². The summed E-state index contributed by atoms with van der Waals surface area (Å²) in [5.41, 5.74) is 0. The minimum absolute atomic E-state index is 0.150. The van der Waals surface area contributed by atoms with E-state index in [0.29, 0.717) is 31.6 Å². The van der Waals surface area contributed by atoms with Crippen molar-refractivity contribution in [3.05, 3.63) is 0 Å². The van der Waals surface area contributed by atoms with Crippen LogP contribution in [-0.4, -0.2) is 95.2 Å². The van der Waals surface area contributed by atoms with E-state index in [1.807, 2.05) is 20.8 Å². The Morgan fingerprint density at radius 1 is 0.613 bits per heavy atom. The maximum Gasteiger partial charge on any atom is 0.306 e. The predicted molar refractivity (Wildman–Crippen MR) is 128 cm³/mol. The molecule has 0 fully saturated rings. The molecule has 0 aliphatic heterocycles. The average Bonchev–Trinajstić information content (AvgIpc) is 2.78. The largest absolute Gasteiger partial charge is 0.413 e. The zero-order chi connectivity index (χ0) is 23.6. The smallest absolute Gasteiger partial charge is 0.306 e. The molecule has 0 aromatic carbocycles. The van der Waals surface area contributed by atoms with E-state index in [4.69, 9.17) is 60.5 Å². The Labute approximate surface area is 201 Å². The number of rotatable bonds is 22. The van der Waals surface area contributed by atoms with E-state index in [9.17, 15) is 0 Å². The van der Waals surface area contributed by atoms with Crippen molar-refractivity contribution in [3.63, 3.8) is 0 Å². The standard InChI is InChI=1S/C19H42Cl2O8Si2/c1-7-25-19(26-8-2,27-9-3)17-29-31(15-11-13-21)30(14-10-12-20)28-16-18(22-4,23-5)24-6/h30-31H,7-17H2,1-6H3. The van der Waals surface area contributed by atoms with Gasteiger partial charge in [-0.05, 0) is 45.7 Å². The van der Waals surface area contributed by atoms with Crippen molar-refractivity contribution < 1.29 is 37.3 Å². The summed E-state index contributed by atoms with van der Waals surface area (Å²) < 4.78 is 46.4. The molecule has 8 nitrogen and oxygen atoms in total. The number of hydrogen-bond acceptors (Lipinski definition) is 8. The number of alkyl halides is 2. The van der Waals surface area contributed by atoms with Crippen LogP contribution in [0.1, 0.15) is 33.6 Å². The van der Waals surface area contributed by atoms with E-state index in [0.717, 1.165) is 24.9 Å². The zero-order valence-electron chi connectivity index (χ0n) is 20.0. The molecule has 0 N–H and O–H groups in total. The first kappa shape index (κ1) is 31.7. The third kappa shape index (κ3) is 12.1. The maximum absolute atomic E-state index is 6.47. The van der Waals surface area contributed by atoms with Gasteiger partial charge >= 0.3 is 11.9 Å². The highest BCUT2D eigenvalue weighted by Crippen LogP contribution is 2.21. The minimum atomic E-state index is -1.83. The average molecular weight is 526 g/mol. The lowest BCUT2D eigenvalue weighted by Gasteiger charge is -2.35. The molecule has 0 aliphatic carbocycles. The van der Waals surface area contributed by atoms with Crippen LogP contribution in [0.15, 0.2) is 0 Å². The number of methoxy groups -OCH3 is 3. The molecule has 188 valence electrons. The van der Waals surface area contributed by atoms with Gasteiger partial charge in [0.15, 0.2) is 17.1 Å². The van der Waals surface area contributed by atoms with Crippen LogP contribution in [-0.2, 0) is 37.3 Å². The summed E-state index contributed by atoms with van der Waals surface area (Å²) in [5.74, 6) is -1.34. The Bertz CT molecular complexity index is 397. The van der Waals surface area contributed by atoms with Crippen molar-refractivity contribution in [1.29, 1.82) is 0 Å². The Kier molecular flexibility index (Phi) is 19.5. The predicted octanol–water partition coefficient (Wildman–Crippen LogP) is 3.16. The lowest BCUT2D eigenvalue weighted by Crippen LogP contribution is -2.51. The van der Waals surface area contributed by atoms with Crippen LogP contribution in [0.4, 0.5) is 0 Å². The summed E-state index contributed by atoms with van der Waals surface area (Å²) in [7, 11) is 0.907. The van der Waals surface area contributed by atoms with E-state index in [1.165, 1.54) is 21.3 Å². The molecule has 0 radical (unpaired) electrons. The molecule has 31 heavy (non-hydrogen) atoms. The molecule has 2 atom stereocenters. The molecule has 0 bridgehead atoms. The van der Waals surface area contributed by atoms with Crippen molar-refractivity contribution in [2.75, 3.05) is 66.1 Å². The van der Waals surface area contributed by atoms with Crippen LogP contribution >= 0.6 is 23.2 Å². The first-order valence-corrected chi connectivity index (χ1v) is 17.2. The molecular weight excluding hydrogens is 483 g/mol. The fraction of sp³-hybridized carbons (Fsp3) is 1.00. The molecule has 0 aromatic heterocycles. The Morgan fingerprint density at radius 2 is 0.968 bits per heavy atom. The van der Waals surface area contributed by atoms with Gasteiger partial charge in [0.25, 0.3) is 0 Å². The van der Waals surface area contributed by atoms with Crippen molar-refractivity contribution in [2.45, 2.75) is 57.6 Å². The quantitative estimate of drug-likeness (QED) is 0.121. The van der Waals surface area contributed by atoms with Crippen LogP contribution in [0.3, 0.4) is 0 Å². The molecule has 2 unspecified atom stereocenters. The van der Waals surface area contributed by atoms with Gasteiger partial charge in [0.1, 0.15) is 13.2 Å². The van der Waals surface area contributed by atoms with Crippen molar-refractivity contribution in [3.8, 4) is 0 Å². The summed E-state index contributed by atoms with van der Waals surface area (Å²) in [6.07, 6.45) is 1.70. The van der Waals surface area contributed by atoms with Gasteiger partial charge in [-0.2, -0.15) is 0 Å². The van der Waals surface area contributed by atoms with Crippen LogP contribution in [0.25, 0.3) is 0 Å². The van der Waals surface area contributed by atoms with Gasteiger partial charge in [-0.15, -0.1) is 23.2 Å². The summed E-state index contributed by atoms with van der Waals surface area (Å²) in [6.45, 7) is 7.36. The highest BCUT2D eigenvalue weighted by Gasteiger charge is 2.38. The van der Waals surface area contributed by atoms with Crippen molar-refractivity contribution >= 4 is 40.3 Å². The van der Waals surface area contributed by atoms with E-state index >= 15 is 0 Å². The summed E-state index contributed by atoms with van der Waals surface area (Å²) in [6, 6.07) is 1.75. The molecule has 0 rings (SSSR count). The Balaban J connectivity index is 5.48. The van der Waals surface area contributed by atoms with Crippen LogP contribution in [0.2, 0.25) is 12.1 Å². The van der Waals surface area contributed by atoms with Crippen LogP contribution in [0, 0.1) is 0 Å². The molecule has 12 heteroatoms. The molecule has 0 heterocycles. The van der Waals surface area contributed by atoms with Crippen molar-refractivity contribution in [1.82, 2.24) is 0 Å². The van der Waals surface area contributed by atoms with Crippen LogP contribution in [0.5, 0.6) is 0 Å². The monoisotopic (exact) mass is 524 g/mol. The SMILES string of the molecule is CCOC(CO[SiH](CCCCl)[SiH](CCCCl)OCC(OC)(OC)OC)(OCC)OCC. The van der Waals surface area contributed by atoms with E-state index in [1.54, 1.807) is 0 Å². The minimum Gasteiger partial charge on any atom is -0.413 e.